The van der Waals surface area contributed by atoms with Crippen molar-refractivity contribution < 1.29 is 19.6 Å². The van der Waals surface area contributed by atoms with Crippen LogP contribution in [0.4, 0.5) is 11.4 Å². The van der Waals surface area contributed by atoms with E-state index in [2.05, 4.69) is 5.32 Å². The van der Waals surface area contributed by atoms with Gasteiger partial charge in [-0.2, -0.15) is 0 Å². The van der Waals surface area contributed by atoms with Crippen molar-refractivity contribution in [3.8, 4) is 5.75 Å². The molecule has 0 spiro atoms. The highest BCUT2D eigenvalue weighted by Crippen LogP contribution is 2.31. The van der Waals surface area contributed by atoms with E-state index in [0.29, 0.717) is 14.8 Å². The Kier molecular flexibility index (Phi) is 5.43. The van der Waals surface area contributed by atoms with Crippen molar-refractivity contribution in [2.45, 2.75) is 0 Å². The van der Waals surface area contributed by atoms with Gasteiger partial charge in [-0.15, -0.1) is 0 Å². The maximum absolute atomic E-state index is 12.4. The van der Waals surface area contributed by atoms with E-state index >= 15 is 0 Å². The lowest BCUT2D eigenvalue weighted by Gasteiger charge is -2.07. The highest BCUT2D eigenvalue weighted by Gasteiger charge is 2.28. The van der Waals surface area contributed by atoms with Crippen molar-refractivity contribution in [3.63, 3.8) is 0 Å². The van der Waals surface area contributed by atoms with Crippen molar-refractivity contribution in [1.29, 1.82) is 0 Å². The number of carbonyl (C=O) groups excluding carboxylic acids is 2. The molecule has 1 fully saturated rings. The molecule has 0 aliphatic carbocycles. The van der Waals surface area contributed by atoms with E-state index in [1.54, 1.807) is 37.4 Å². The summed E-state index contributed by atoms with van der Waals surface area (Å²) in [6.07, 6.45) is 1.68. The molecule has 1 aliphatic heterocycles. The van der Waals surface area contributed by atoms with Crippen LogP contribution in [-0.4, -0.2) is 38.1 Å². The summed E-state index contributed by atoms with van der Waals surface area (Å²) in [6, 6.07) is 9.76. The number of nitrogens with zero attached hydrogens (tertiary/aromatic N) is 2. The molecule has 1 heterocycles. The largest absolute Gasteiger partial charge is 0.506 e. The van der Waals surface area contributed by atoms with Gasteiger partial charge in [-0.05, 0) is 29.8 Å². The molecule has 28 heavy (non-hydrogen) atoms. The highest BCUT2D eigenvalue weighted by molar-refractivity contribution is 8.26. The molecule has 0 bridgehead atoms. The number of phenols is 1. The quantitative estimate of drug-likeness (QED) is 0.259. The maximum Gasteiger partial charge on any atom is 0.271 e. The van der Waals surface area contributed by atoms with Gasteiger partial charge < -0.3 is 10.4 Å². The third-order valence-corrected chi connectivity index (χ3v) is 5.38. The minimum Gasteiger partial charge on any atom is -0.506 e. The Morgan fingerprint density at radius 1 is 1.29 bits per heavy atom. The number of amides is 2. The van der Waals surface area contributed by atoms with Crippen molar-refractivity contribution >= 4 is 57.6 Å². The number of thioether (sulfide) groups is 1. The molecule has 2 N–H and O–H groups in total. The molecule has 2 amide bonds. The van der Waals surface area contributed by atoms with Crippen LogP contribution in [0.1, 0.15) is 15.9 Å². The number of rotatable bonds is 4. The summed E-state index contributed by atoms with van der Waals surface area (Å²) >= 11 is 6.28. The third-order valence-electron chi connectivity index (χ3n) is 3.90. The van der Waals surface area contributed by atoms with Gasteiger partial charge in [0.15, 0.2) is 0 Å². The SMILES string of the molecule is CN1C(=O)/C(=C/c2ccc(C(=O)Nc3cc([N+](=O)[O-])ccc3O)cc2)SC1=S. The van der Waals surface area contributed by atoms with Gasteiger partial charge in [-0.3, -0.25) is 24.6 Å². The number of benzene rings is 2. The second-order valence-electron chi connectivity index (χ2n) is 5.78. The smallest absolute Gasteiger partial charge is 0.271 e. The Morgan fingerprint density at radius 2 is 1.96 bits per heavy atom. The highest BCUT2D eigenvalue weighted by atomic mass is 32.2. The van der Waals surface area contributed by atoms with Crippen LogP contribution in [-0.2, 0) is 4.79 Å². The van der Waals surface area contributed by atoms with Crippen molar-refractivity contribution in [2.24, 2.45) is 0 Å². The first-order valence-electron chi connectivity index (χ1n) is 7.86. The number of nitro groups is 1. The van der Waals surface area contributed by atoms with E-state index in [9.17, 15) is 24.8 Å². The molecule has 1 aliphatic rings. The van der Waals surface area contributed by atoms with Crippen LogP contribution < -0.4 is 5.32 Å². The lowest BCUT2D eigenvalue weighted by molar-refractivity contribution is -0.384. The first-order valence-corrected chi connectivity index (χ1v) is 9.09. The van der Waals surface area contributed by atoms with Crippen LogP contribution in [0.25, 0.3) is 6.08 Å². The van der Waals surface area contributed by atoms with Gasteiger partial charge in [0, 0.05) is 24.7 Å². The summed E-state index contributed by atoms with van der Waals surface area (Å²) in [5.74, 6) is -1.00. The molecular weight excluding hydrogens is 402 g/mol. The van der Waals surface area contributed by atoms with E-state index in [4.69, 9.17) is 12.2 Å². The van der Waals surface area contributed by atoms with Crippen LogP contribution in [0.2, 0.25) is 0 Å². The first kappa shape index (κ1) is 19.5. The van der Waals surface area contributed by atoms with E-state index < -0.39 is 10.8 Å². The van der Waals surface area contributed by atoms with Crippen molar-refractivity contribution in [1.82, 2.24) is 4.90 Å². The second kappa shape index (κ2) is 7.79. The number of nitro benzene ring substituents is 1. The van der Waals surface area contributed by atoms with Gasteiger partial charge in [0.05, 0.1) is 15.5 Å². The zero-order valence-corrected chi connectivity index (χ0v) is 16.0. The summed E-state index contributed by atoms with van der Waals surface area (Å²) < 4.78 is 0.476. The van der Waals surface area contributed by atoms with E-state index in [1.165, 1.54) is 16.7 Å². The molecule has 0 aromatic heterocycles. The van der Waals surface area contributed by atoms with Gasteiger partial charge in [0.2, 0.25) is 0 Å². The number of thiocarbonyl (C=S) groups is 1. The molecule has 0 atom stereocenters. The van der Waals surface area contributed by atoms with E-state index in [1.807, 2.05) is 0 Å². The molecule has 8 nitrogen and oxygen atoms in total. The van der Waals surface area contributed by atoms with Crippen LogP contribution >= 0.6 is 24.0 Å². The Balaban J connectivity index is 1.76. The Bertz CT molecular complexity index is 1030. The number of hydrogen-bond acceptors (Lipinski definition) is 7. The molecule has 1 saturated heterocycles. The lowest BCUT2D eigenvalue weighted by atomic mass is 10.1. The number of nitrogens with one attached hydrogen (secondary N) is 1. The molecule has 0 saturated carbocycles. The fraction of sp³-hybridized carbons (Fsp3) is 0.0556. The van der Waals surface area contributed by atoms with Gasteiger partial charge >= 0.3 is 0 Å². The summed E-state index contributed by atoms with van der Waals surface area (Å²) in [5, 5.41) is 23.1. The molecule has 0 radical (unpaired) electrons. The monoisotopic (exact) mass is 415 g/mol. The van der Waals surface area contributed by atoms with Crippen molar-refractivity contribution in [3.05, 3.63) is 68.6 Å². The normalized spacial score (nSPS) is 15.2. The molecule has 3 rings (SSSR count). The number of hydrogen-bond donors (Lipinski definition) is 2. The third kappa shape index (κ3) is 4.02. The zero-order valence-electron chi connectivity index (χ0n) is 14.4. The van der Waals surface area contributed by atoms with Gasteiger partial charge in [-0.1, -0.05) is 36.1 Å². The fourth-order valence-electron chi connectivity index (χ4n) is 2.36. The maximum atomic E-state index is 12.4. The van der Waals surface area contributed by atoms with E-state index in [0.717, 1.165) is 18.2 Å². The van der Waals surface area contributed by atoms with Gasteiger partial charge in [-0.25, -0.2) is 0 Å². The summed E-state index contributed by atoms with van der Waals surface area (Å²) in [4.78, 5) is 36.5. The second-order valence-corrected chi connectivity index (χ2v) is 7.45. The number of non-ortho nitro benzene ring substituents is 1. The number of carbonyl (C=O) groups is 2. The molecule has 142 valence electrons. The van der Waals surface area contributed by atoms with Crippen LogP contribution in [0, 0.1) is 10.1 Å². The summed E-state index contributed by atoms with van der Waals surface area (Å²) in [5.41, 5.74) is 0.682. The number of aromatic hydroxyl groups is 1. The Hall–Kier alpha value is -3.24. The van der Waals surface area contributed by atoms with Gasteiger partial charge in [0.25, 0.3) is 17.5 Å². The Labute approximate surface area is 169 Å². The van der Waals surface area contributed by atoms with E-state index in [-0.39, 0.29) is 28.6 Å². The van der Waals surface area contributed by atoms with Gasteiger partial charge in [0.1, 0.15) is 10.1 Å². The standard InChI is InChI=1S/C18H13N3O5S2/c1-20-17(24)15(28-18(20)27)8-10-2-4-11(5-3-10)16(23)19-13-9-12(21(25)26)6-7-14(13)22/h2-9,22H,1H3,(H,19,23)/b15-8-. The predicted octanol–water partition coefficient (Wildman–Crippen LogP) is 3.38. The lowest BCUT2D eigenvalue weighted by Crippen LogP contribution is -2.22. The predicted molar refractivity (Wildman–Crippen MR) is 110 cm³/mol. The minimum atomic E-state index is -0.622. The summed E-state index contributed by atoms with van der Waals surface area (Å²) in [7, 11) is 1.61. The zero-order chi connectivity index (χ0) is 20.4. The minimum absolute atomic E-state index is 0.0603. The fourth-order valence-corrected chi connectivity index (χ4v) is 3.54. The summed E-state index contributed by atoms with van der Waals surface area (Å²) in [6.45, 7) is 0. The molecule has 0 unspecified atom stereocenters. The first-order chi connectivity index (χ1) is 13.3. The molecule has 2 aromatic rings. The van der Waals surface area contributed by atoms with Crippen LogP contribution in [0.15, 0.2) is 47.4 Å². The average molecular weight is 415 g/mol. The van der Waals surface area contributed by atoms with Crippen molar-refractivity contribution in [2.75, 3.05) is 12.4 Å². The van der Waals surface area contributed by atoms with Crippen LogP contribution in [0.5, 0.6) is 5.75 Å². The average Bonchev–Trinajstić information content (AvgIpc) is 2.90. The Morgan fingerprint density at radius 3 is 2.54 bits per heavy atom. The topological polar surface area (TPSA) is 113 Å². The number of phenolic OH excluding ortho intramolecular Hbond substituents is 1. The number of likely N-dealkylation sites (N-methyl/N-ethyl adjacent to an activating group) is 1. The number of anilines is 1. The molecular formula is C18H13N3O5S2. The molecule has 10 heteroatoms. The molecule has 2 aromatic carbocycles. The van der Waals surface area contributed by atoms with Crippen LogP contribution in [0.3, 0.4) is 0 Å².